The lowest BCUT2D eigenvalue weighted by Gasteiger charge is -2.20. The van der Waals surface area contributed by atoms with Gasteiger partial charge in [-0.2, -0.15) is 0 Å². The topological polar surface area (TPSA) is 44.4 Å². The first kappa shape index (κ1) is 22.4. The van der Waals surface area contributed by atoms with E-state index in [2.05, 4.69) is 10.6 Å². The van der Waals surface area contributed by atoms with Gasteiger partial charge in [0.2, 0.25) is 0 Å². The fourth-order valence-electron chi connectivity index (χ4n) is 3.69. The third kappa shape index (κ3) is 4.40. The van der Waals surface area contributed by atoms with Crippen LogP contribution in [0.15, 0.2) is 30.3 Å². The molecule has 0 saturated carbocycles. The number of rotatable bonds is 3. The van der Waals surface area contributed by atoms with E-state index in [4.69, 9.17) is 0 Å². The van der Waals surface area contributed by atoms with Crippen molar-refractivity contribution >= 4 is 42.1 Å². The zero-order chi connectivity index (χ0) is 18.1. The molecule has 0 spiro atoms. The first-order chi connectivity index (χ1) is 12.6. The standard InChI is InChI=1S/C20H21F2N3O.2ClH/c21-16-11-13(4-6-18(16)25-9-1-2-10-25)20(26)24-17-5-3-14-12-23-8-7-15(14)19(17)22;;/h3-6,11,23H,1-2,7-10,12H2,(H,24,26);2*1H. The molecular weight excluding hydrogens is 407 g/mol. The Morgan fingerprint density at radius 2 is 1.82 bits per heavy atom. The second kappa shape index (κ2) is 9.54. The molecule has 0 atom stereocenters. The molecule has 0 unspecified atom stereocenters. The molecule has 0 bridgehead atoms. The van der Waals surface area contributed by atoms with Gasteiger partial charge in [0.25, 0.3) is 5.91 Å². The number of nitrogens with one attached hydrogen (secondary N) is 2. The van der Waals surface area contributed by atoms with Gasteiger partial charge in [-0.25, -0.2) is 8.78 Å². The molecule has 2 aromatic rings. The monoisotopic (exact) mass is 429 g/mol. The summed E-state index contributed by atoms with van der Waals surface area (Å²) in [6, 6.07) is 7.82. The molecule has 1 fully saturated rings. The minimum absolute atomic E-state index is 0. The Bertz CT molecular complexity index is 858. The Morgan fingerprint density at radius 1 is 1.07 bits per heavy atom. The van der Waals surface area contributed by atoms with Gasteiger partial charge in [0, 0.05) is 25.2 Å². The van der Waals surface area contributed by atoms with Gasteiger partial charge in [-0.15, -0.1) is 24.8 Å². The highest BCUT2D eigenvalue weighted by Crippen LogP contribution is 2.27. The van der Waals surface area contributed by atoms with E-state index in [-0.39, 0.29) is 36.1 Å². The maximum Gasteiger partial charge on any atom is 0.255 e. The average Bonchev–Trinajstić information content (AvgIpc) is 3.18. The predicted octanol–water partition coefficient (Wildman–Crippen LogP) is 4.31. The van der Waals surface area contributed by atoms with Crippen LogP contribution in [0.25, 0.3) is 0 Å². The largest absolute Gasteiger partial charge is 0.369 e. The molecular formula is C20H23Cl2F2N3O. The van der Waals surface area contributed by atoms with Gasteiger partial charge in [-0.05, 0) is 61.2 Å². The normalized spacial score (nSPS) is 15.3. The minimum atomic E-state index is -0.510. The van der Waals surface area contributed by atoms with Crippen molar-refractivity contribution in [2.45, 2.75) is 25.8 Å². The number of hydrogen-bond acceptors (Lipinski definition) is 3. The molecule has 0 aliphatic carbocycles. The molecule has 0 radical (unpaired) electrons. The molecule has 2 heterocycles. The van der Waals surface area contributed by atoms with E-state index in [1.807, 2.05) is 11.0 Å². The van der Waals surface area contributed by atoms with Gasteiger partial charge in [-0.1, -0.05) is 6.07 Å². The third-order valence-corrected chi connectivity index (χ3v) is 5.11. The second-order valence-corrected chi connectivity index (χ2v) is 6.81. The lowest BCUT2D eigenvalue weighted by Crippen LogP contribution is -2.25. The van der Waals surface area contributed by atoms with Gasteiger partial charge in [0.1, 0.15) is 11.6 Å². The Kier molecular flexibility index (Phi) is 7.63. The summed E-state index contributed by atoms with van der Waals surface area (Å²) in [6.07, 6.45) is 2.69. The summed E-state index contributed by atoms with van der Waals surface area (Å²) in [6.45, 7) is 3.00. The summed E-state index contributed by atoms with van der Waals surface area (Å²) in [5.41, 5.74) is 2.39. The van der Waals surface area contributed by atoms with Crippen molar-refractivity contribution in [1.82, 2.24) is 5.32 Å². The van der Waals surface area contributed by atoms with Crippen molar-refractivity contribution in [3.8, 4) is 0 Å². The SMILES string of the molecule is Cl.Cl.O=C(Nc1ccc2c(c1F)CCNC2)c1ccc(N2CCCC2)c(F)c1. The molecule has 4 nitrogen and oxygen atoms in total. The number of benzene rings is 2. The van der Waals surface area contributed by atoms with Crippen LogP contribution in [0, 0.1) is 11.6 Å². The summed E-state index contributed by atoms with van der Waals surface area (Å²) in [5, 5.41) is 5.77. The van der Waals surface area contributed by atoms with E-state index >= 15 is 0 Å². The van der Waals surface area contributed by atoms with E-state index in [0.29, 0.717) is 30.8 Å². The maximum atomic E-state index is 14.7. The quantitative estimate of drug-likeness (QED) is 0.763. The van der Waals surface area contributed by atoms with Crippen molar-refractivity contribution in [1.29, 1.82) is 0 Å². The summed E-state index contributed by atoms with van der Waals surface area (Å²) >= 11 is 0. The fraction of sp³-hybridized carbons (Fsp3) is 0.350. The lowest BCUT2D eigenvalue weighted by molar-refractivity contribution is 0.102. The van der Waals surface area contributed by atoms with Crippen molar-refractivity contribution in [3.63, 3.8) is 0 Å². The second-order valence-electron chi connectivity index (χ2n) is 6.81. The van der Waals surface area contributed by atoms with E-state index in [0.717, 1.165) is 31.5 Å². The number of nitrogens with zero attached hydrogens (tertiary/aromatic N) is 1. The van der Waals surface area contributed by atoms with Crippen LogP contribution in [0.5, 0.6) is 0 Å². The number of carbonyl (C=O) groups is 1. The van der Waals surface area contributed by atoms with Gasteiger partial charge < -0.3 is 15.5 Å². The van der Waals surface area contributed by atoms with Crippen LogP contribution in [0.4, 0.5) is 20.2 Å². The zero-order valence-corrected chi connectivity index (χ0v) is 16.9. The van der Waals surface area contributed by atoms with Gasteiger partial charge >= 0.3 is 0 Å². The Labute approximate surface area is 175 Å². The number of carbonyl (C=O) groups excluding carboxylic acids is 1. The van der Waals surface area contributed by atoms with Gasteiger partial charge in [0.05, 0.1) is 11.4 Å². The number of amides is 1. The molecule has 1 saturated heterocycles. The highest BCUT2D eigenvalue weighted by molar-refractivity contribution is 6.04. The van der Waals surface area contributed by atoms with Crippen LogP contribution in [-0.2, 0) is 13.0 Å². The van der Waals surface area contributed by atoms with Gasteiger partial charge in [-0.3, -0.25) is 4.79 Å². The molecule has 8 heteroatoms. The van der Waals surface area contributed by atoms with E-state index in [9.17, 15) is 13.6 Å². The van der Waals surface area contributed by atoms with Gasteiger partial charge in [0.15, 0.2) is 0 Å². The number of halogens is 4. The van der Waals surface area contributed by atoms with E-state index in [1.54, 1.807) is 18.2 Å². The molecule has 152 valence electrons. The van der Waals surface area contributed by atoms with Crippen LogP contribution < -0.4 is 15.5 Å². The maximum absolute atomic E-state index is 14.7. The fourth-order valence-corrected chi connectivity index (χ4v) is 3.69. The van der Waals surface area contributed by atoms with Crippen molar-refractivity contribution in [2.24, 2.45) is 0 Å². The van der Waals surface area contributed by atoms with Crippen molar-refractivity contribution < 1.29 is 13.6 Å². The molecule has 4 rings (SSSR count). The zero-order valence-electron chi connectivity index (χ0n) is 15.3. The summed E-state index contributed by atoms with van der Waals surface area (Å²) < 4.78 is 29.1. The Morgan fingerprint density at radius 3 is 2.54 bits per heavy atom. The summed E-state index contributed by atoms with van der Waals surface area (Å²) in [5.74, 6) is -1.33. The Balaban J connectivity index is 0.00000140. The number of hydrogen-bond donors (Lipinski definition) is 2. The van der Waals surface area contributed by atoms with E-state index in [1.165, 1.54) is 6.07 Å². The van der Waals surface area contributed by atoms with Crippen molar-refractivity contribution in [2.75, 3.05) is 29.9 Å². The minimum Gasteiger partial charge on any atom is -0.369 e. The molecule has 2 N–H and O–H groups in total. The van der Waals surface area contributed by atoms with E-state index < -0.39 is 17.5 Å². The molecule has 1 amide bonds. The number of anilines is 2. The molecule has 0 aromatic heterocycles. The highest BCUT2D eigenvalue weighted by atomic mass is 35.5. The first-order valence-corrected chi connectivity index (χ1v) is 9.00. The lowest BCUT2D eigenvalue weighted by atomic mass is 9.99. The smallest absolute Gasteiger partial charge is 0.255 e. The summed E-state index contributed by atoms with van der Waals surface area (Å²) in [7, 11) is 0. The predicted molar refractivity (Wildman–Crippen MR) is 112 cm³/mol. The van der Waals surface area contributed by atoms with Crippen molar-refractivity contribution in [3.05, 3.63) is 58.7 Å². The molecule has 2 aliphatic heterocycles. The highest BCUT2D eigenvalue weighted by Gasteiger charge is 2.20. The Hall–Kier alpha value is -1.89. The van der Waals surface area contributed by atoms with Crippen LogP contribution >= 0.6 is 24.8 Å². The van der Waals surface area contributed by atoms with Crippen LogP contribution in [0.1, 0.15) is 34.3 Å². The van der Waals surface area contributed by atoms with Crippen LogP contribution in [0.3, 0.4) is 0 Å². The van der Waals surface area contributed by atoms with Crippen LogP contribution in [0.2, 0.25) is 0 Å². The first-order valence-electron chi connectivity index (χ1n) is 9.00. The molecule has 2 aromatic carbocycles. The molecule has 2 aliphatic rings. The molecule has 28 heavy (non-hydrogen) atoms. The third-order valence-electron chi connectivity index (χ3n) is 5.11. The summed E-state index contributed by atoms with van der Waals surface area (Å²) in [4.78, 5) is 14.4. The average molecular weight is 430 g/mol. The number of fused-ring (bicyclic) bond motifs is 1. The van der Waals surface area contributed by atoms with Crippen LogP contribution in [-0.4, -0.2) is 25.5 Å².